The molecule has 1 aliphatic carbocycles. The third-order valence-electron chi connectivity index (χ3n) is 4.58. The number of carbonyl (C=O) groups is 2. The van der Waals surface area contributed by atoms with Crippen molar-refractivity contribution in [3.8, 4) is 5.88 Å². The molecule has 1 aromatic heterocycles. The van der Waals surface area contributed by atoms with E-state index in [-0.39, 0.29) is 23.7 Å². The van der Waals surface area contributed by atoms with Crippen LogP contribution >= 0.6 is 0 Å². The van der Waals surface area contributed by atoms with E-state index < -0.39 is 0 Å². The van der Waals surface area contributed by atoms with Gasteiger partial charge < -0.3 is 15.0 Å². The van der Waals surface area contributed by atoms with E-state index >= 15 is 0 Å². The molecule has 23 heavy (non-hydrogen) atoms. The van der Waals surface area contributed by atoms with Crippen LogP contribution in [0.3, 0.4) is 0 Å². The molecule has 0 aromatic carbocycles. The second-order valence-corrected chi connectivity index (χ2v) is 6.30. The van der Waals surface area contributed by atoms with Crippen molar-refractivity contribution < 1.29 is 14.3 Å². The molecule has 2 heterocycles. The first-order chi connectivity index (χ1) is 11.2. The van der Waals surface area contributed by atoms with Gasteiger partial charge >= 0.3 is 0 Å². The molecule has 2 amide bonds. The molecule has 124 valence electrons. The molecule has 1 aromatic rings. The summed E-state index contributed by atoms with van der Waals surface area (Å²) in [5.41, 5.74) is 0.964. The Labute approximate surface area is 136 Å². The highest BCUT2D eigenvalue weighted by molar-refractivity contribution is 5.82. The number of rotatable bonds is 5. The molecule has 0 radical (unpaired) electrons. The fraction of sp³-hybridized carbons (Fsp3) is 0.588. The lowest BCUT2D eigenvalue weighted by atomic mass is 9.95. The topological polar surface area (TPSA) is 71.5 Å². The van der Waals surface area contributed by atoms with Gasteiger partial charge in [0.25, 0.3) is 0 Å². The number of ether oxygens (including phenoxy) is 1. The van der Waals surface area contributed by atoms with Gasteiger partial charge in [0.05, 0.1) is 7.11 Å². The Kier molecular flexibility index (Phi) is 4.79. The van der Waals surface area contributed by atoms with E-state index in [0.717, 1.165) is 31.2 Å². The first kappa shape index (κ1) is 15.8. The van der Waals surface area contributed by atoms with Crippen LogP contribution in [0.2, 0.25) is 0 Å². The first-order valence-corrected chi connectivity index (χ1v) is 8.23. The number of pyridine rings is 1. The number of hydrogen-bond donors (Lipinski definition) is 1. The number of likely N-dealkylation sites (tertiary alicyclic amines) is 1. The van der Waals surface area contributed by atoms with Crippen LogP contribution in [0.15, 0.2) is 18.3 Å². The maximum Gasteiger partial charge on any atom is 0.225 e. The van der Waals surface area contributed by atoms with Crippen molar-refractivity contribution in [1.29, 1.82) is 0 Å². The minimum absolute atomic E-state index is 0.00184. The third-order valence-corrected chi connectivity index (χ3v) is 4.58. The summed E-state index contributed by atoms with van der Waals surface area (Å²) in [5, 5.41) is 2.97. The molecule has 0 unspecified atom stereocenters. The molecule has 6 nitrogen and oxygen atoms in total. The zero-order valence-electron chi connectivity index (χ0n) is 13.5. The lowest BCUT2D eigenvalue weighted by Crippen LogP contribution is -2.43. The number of methoxy groups -OCH3 is 1. The molecule has 2 aliphatic rings. The van der Waals surface area contributed by atoms with E-state index in [0.29, 0.717) is 25.5 Å². The Hall–Kier alpha value is -2.11. The standard InChI is InChI=1S/C17H23N3O3/c1-23-15-10-12(4-7-18-15)11-19-16(21)13-5-8-20(9-6-13)17(22)14-2-3-14/h4,7,10,13-14H,2-3,5-6,8-9,11H2,1H3,(H,19,21). The highest BCUT2D eigenvalue weighted by Crippen LogP contribution is 2.32. The van der Waals surface area contributed by atoms with Gasteiger partial charge in [0.15, 0.2) is 0 Å². The summed E-state index contributed by atoms with van der Waals surface area (Å²) in [6.45, 7) is 1.88. The molecule has 0 spiro atoms. The quantitative estimate of drug-likeness (QED) is 0.890. The van der Waals surface area contributed by atoms with E-state index in [4.69, 9.17) is 4.74 Å². The van der Waals surface area contributed by atoms with Gasteiger partial charge in [-0.15, -0.1) is 0 Å². The molecule has 1 aliphatic heterocycles. The molecule has 0 bridgehead atoms. The van der Waals surface area contributed by atoms with Crippen LogP contribution in [0.1, 0.15) is 31.2 Å². The van der Waals surface area contributed by atoms with E-state index in [2.05, 4.69) is 10.3 Å². The minimum atomic E-state index is 0.00184. The molecule has 2 fully saturated rings. The number of amides is 2. The number of nitrogens with one attached hydrogen (secondary N) is 1. The maximum absolute atomic E-state index is 12.3. The van der Waals surface area contributed by atoms with Crippen molar-refractivity contribution in [3.05, 3.63) is 23.9 Å². The van der Waals surface area contributed by atoms with Crippen LogP contribution < -0.4 is 10.1 Å². The predicted molar refractivity (Wildman–Crippen MR) is 84.7 cm³/mol. The number of nitrogens with zero attached hydrogens (tertiary/aromatic N) is 2. The monoisotopic (exact) mass is 317 g/mol. The van der Waals surface area contributed by atoms with Crippen molar-refractivity contribution in [3.63, 3.8) is 0 Å². The van der Waals surface area contributed by atoms with E-state index in [9.17, 15) is 9.59 Å². The van der Waals surface area contributed by atoms with Crippen molar-refractivity contribution in [1.82, 2.24) is 15.2 Å². The molecule has 0 atom stereocenters. The smallest absolute Gasteiger partial charge is 0.225 e. The average Bonchev–Trinajstić information content (AvgIpc) is 3.44. The van der Waals surface area contributed by atoms with Gasteiger partial charge in [-0.25, -0.2) is 4.98 Å². The average molecular weight is 317 g/mol. The second-order valence-electron chi connectivity index (χ2n) is 6.30. The van der Waals surface area contributed by atoms with Crippen LogP contribution in [-0.4, -0.2) is 41.9 Å². The highest BCUT2D eigenvalue weighted by atomic mass is 16.5. The van der Waals surface area contributed by atoms with Crippen molar-refractivity contribution in [2.75, 3.05) is 20.2 Å². The van der Waals surface area contributed by atoms with Crippen molar-refractivity contribution in [2.45, 2.75) is 32.2 Å². The lowest BCUT2D eigenvalue weighted by Gasteiger charge is -2.31. The maximum atomic E-state index is 12.3. The fourth-order valence-electron chi connectivity index (χ4n) is 2.96. The zero-order valence-corrected chi connectivity index (χ0v) is 13.5. The molecule has 1 saturated carbocycles. The zero-order chi connectivity index (χ0) is 16.2. The SMILES string of the molecule is COc1cc(CNC(=O)C2CCN(C(=O)C3CC3)CC2)ccn1. The molecule has 3 rings (SSSR count). The summed E-state index contributed by atoms with van der Waals surface area (Å²) in [6, 6.07) is 3.68. The van der Waals surface area contributed by atoms with Gasteiger partial charge in [0, 0.05) is 43.7 Å². The lowest BCUT2D eigenvalue weighted by molar-refractivity contribution is -0.136. The van der Waals surface area contributed by atoms with Crippen LogP contribution in [0.4, 0.5) is 0 Å². The molecule has 1 saturated heterocycles. The summed E-state index contributed by atoms with van der Waals surface area (Å²) in [6.07, 6.45) is 5.25. The van der Waals surface area contributed by atoms with Gasteiger partial charge in [0.2, 0.25) is 17.7 Å². The number of piperidine rings is 1. The van der Waals surface area contributed by atoms with Gasteiger partial charge in [-0.1, -0.05) is 0 Å². The Morgan fingerprint density at radius 1 is 1.26 bits per heavy atom. The summed E-state index contributed by atoms with van der Waals surface area (Å²) in [7, 11) is 1.57. The van der Waals surface area contributed by atoms with Crippen LogP contribution in [-0.2, 0) is 16.1 Å². The molecule has 6 heteroatoms. The normalized spacial score (nSPS) is 18.6. The number of carbonyl (C=O) groups excluding carboxylic acids is 2. The molecular weight excluding hydrogens is 294 g/mol. The third kappa shape index (κ3) is 4.00. The summed E-state index contributed by atoms with van der Waals surface area (Å²) in [5.74, 6) is 1.17. The minimum Gasteiger partial charge on any atom is -0.481 e. The Morgan fingerprint density at radius 2 is 2.00 bits per heavy atom. The summed E-state index contributed by atoms with van der Waals surface area (Å²) < 4.78 is 5.08. The van der Waals surface area contributed by atoms with E-state index in [1.807, 2.05) is 17.0 Å². The van der Waals surface area contributed by atoms with Gasteiger partial charge in [-0.05, 0) is 37.3 Å². The number of aromatic nitrogens is 1. The van der Waals surface area contributed by atoms with E-state index in [1.54, 1.807) is 13.3 Å². The predicted octanol–water partition coefficient (Wildman–Crippen LogP) is 1.35. The summed E-state index contributed by atoms with van der Waals surface area (Å²) in [4.78, 5) is 30.3. The Bertz CT molecular complexity index is 578. The molecular formula is C17H23N3O3. The van der Waals surface area contributed by atoms with Crippen LogP contribution in [0, 0.1) is 11.8 Å². The summed E-state index contributed by atoms with van der Waals surface area (Å²) >= 11 is 0. The number of hydrogen-bond acceptors (Lipinski definition) is 4. The van der Waals surface area contributed by atoms with Crippen LogP contribution in [0.25, 0.3) is 0 Å². The van der Waals surface area contributed by atoms with E-state index in [1.165, 1.54) is 0 Å². The van der Waals surface area contributed by atoms with Gasteiger partial charge in [0.1, 0.15) is 0 Å². The van der Waals surface area contributed by atoms with Gasteiger partial charge in [-0.3, -0.25) is 9.59 Å². The largest absolute Gasteiger partial charge is 0.481 e. The Balaban J connectivity index is 1.44. The van der Waals surface area contributed by atoms with Crippen LogP contribution in [0.5, 0.6) is 5.88 Å². The van der Waals surface area contributed by atoms with Crippen molar-refractivity contribution in [2.24, 2.45) is 11.8 Å². The second kappa shape index (κ2) is 6.98. The highest BCUT2D eigenvalue weighted by Gasteiger charge is 2.35. The first-order valence-electron chi connectivity index (χ1n) is 8.23. The molecule has 1 N–H and O–H groups in total. The Morgan fingerprint density at radius 3 is 2.65 bits per heavy atom. The fourth-order valence-corrected chi connectivity index (χ4v) is 2.96. The van der Waals surface area contributed by atoms with Gasteiger partial charge in [-0.2, -0.15) is 0 Å². The van der Waals surface area contributed by atoms with Crippen molar-refractivity contribution >= 4 is 11.8 Å².